The third-order valence-electron chi connectivity index (χ3n) is 5.16. The van der Waals surface area contributed by atoms with Gasteiger partial charge in [0.1, 0.15) is 24.1 Å². The summed E-state index contributed by atoms with van der Waals surface area (Å²) in [6, 6.07) is 12.9. The summed E-state index contributed by atoms with van der Waals surface area (Å²) in [6.45, 7) is 3.00. The molecule has 0 spiro atoms. The third-order valence-corrected chi connectivity index (χ3v) is 5.16. The predicted molar refractivity (Wildman–Crippen MR) is 113 cm³/mol. The predicted octanol–water partition coefficient (Wildman–Crippen LogP) is 2.10. The van der Waals surface area contributed by atoms with Crippen molar-refractivity contribution in [2.75, 3.05) is 34.0 Å². The number of hydrogen-bond donors (Lipinski definition) is 1. The van der Waals surface area contributed by atoms with E-state index in [9.17, 15) is 9.59 Å². The molecule has 160 valence electrons. The summed E-state index contributed by atoms with van der Waals surface area (Å²) < 4.78 is 16.0. The van der Waals surface area contributed by atoms with E-state index in [2.05, 4.69) is 5.32 Å². The maximum atomic E-state index is 12.8. The molecule has 0 unspecified atom stereocenters. The molecule has 7 heteroatoms. The Labute approximate surface area is 176 Å². The molecular weight excluding hydrogens is 384 g/mol. The molecule has 2 aromatic carbocycles. The highest BCUT2D eigenvalue weighted by Gasteiger charge is 2.33. The van der Waals surface area contributed by atoms with E-state index in [1.165, 1.54) is 0 Å². The Morgan fingerprint density at radius 1 is 1.17 bits per heavy atom. The first-order valence-corrected chi connectivity index (χ1v) is 9.93. The zero-order valence-electron chi connectivity index (χ0n) is 17.6. The van der Waals surface area contributed by atoms with Crippen LogP contribution in [0.3, 0.4) is 0 Å². The van der Waals surface area contributed by atoms with Gasteiger partial charge < -0.3 is 24.4 Å². The SMILES string of the molecule is COc1ccc(CCNC(=O)[C@@H]2COCC(=O)N2Cc2ccc(C)cc2)c(OC)c1. The van der Waals surface area contributed by atoms with Crippen LogP contribution in [0.5, 0.6) is 11.5 Å². The number of carbonyl (C=O) groups excluding carboxylic acids is 2. The molecule has 0 aliphatic carbocycles. The molecule has 1 atom stereocenters. The lowest BCUT2D eigenvalue weighted by Crippen LogP contribution is -2.56. The first-order chi connectivity index (χ1) is 14.5. The molecule has 1 aliphatic rings. The molecule has 1 fully saturated rings. The standard InChI is InChI=1S/C23H28N2O5/c1-16-4-6-17(7-5-16)13-25-20(14-30-15-22(25)26)23(27)24-11-10-18-8-9-19(28-2)12-21(18)29-3/h4-9,12,20H,10-11,13-15H2,1-3H3,(H,24,27)/t20-/m0/s1. The Balaban J connectivity index is 1.61. The number of nitrogens with zero attached hydrogens (tertiary/aromatic N) is 1. The topological polar surface area (TPSA) is 77.1 Å². The van der Waals surface area contributed by atoms with Crippen LogP contribution in [0, 0.1) is 6.92 Å². The van der Waals surface area contributed by atoms with Gasteiger partial charge in [0.15, 0.2) is 0 Å². The Bertz CT molecular complexity index is 882. The number of aryl methyl sites for hydroxylation is 1. The molecule has 1 aliphatic heterocycles. The lowest BCUT2D eigenvalue weighted by molar-refractivity contribution is -0.155. The number of amides is 2. The van der Waals surface area contributed by atoms with Gasteiger partial charge in [-0.15, -0.1) is 0 Å². The Morgan fingerprint density at radius 3 is 2.63 bits per heavy atom. The average molecular weight is 412 g/mol. The smallest absolute Gasteiger partial charge is 0.249 e. The molecule has 2 amide bonds. The van der Waals surface area contributed by atoms with E-state index >= 15 is 0 Å². The molecule has 30 heavy (non-hydrogen) atoms. The van der Waals surface area contributed by atoms with Gasteiger partial charge in [-0.25, -0.2) is 0 Å². The van der Waals surface area contributed by atoms with E-state index < -0.39 is 6.04 Å². The van der Waals surface area contributed by atoms with Crippen molar-refractivity contribution in [2.45, 2.75) is 25.9 Å². The summed E-state index contributed by atoms with van der Waals surface area (Å²) in [5.41, 5.74) is 3.10. The van der Waals surface area contributed by atoms with Gasteiger partial charge in [-0.3, -0.25) is 9.59 Å². The average Bonchev–Trinajstić information content (AvgIpc) is 2.76. The molecule has 0 saturated carbocycles. The number of benzene rings is 2. The quantitative estimate of drug-likeness (QED) is 0.719. The van der Waals surface area contributed by atoms with Gasteiger partial charge in [0.25, 0.3) is 0 Å². The first kappa shape index (κ1) is 21.6. The maximum absolute atomic E-state index is 12.8. The van der Waals surface area contributed by atoms with Crippen LogP contribution >= 0.6 is 0 Å². The first-order valence-electron chi connectivity index (χ1n) is 9.93. The van der Waals surface area contributed by atoms with Gasteiger partial charge in [0, 0.05) is 19.2 Å². The number of hydrogen-bond acceptors (Lipinski definition) is 5. The van der Waals surface area contributed by atoms with E-state index in [0.29, 0.717) is 31.0 Å². The summed E-state index contributed by atoms with van der Waals surface area (Å²) >= 11 is 0. The second kappa shape index (κ2) is 10.1. The normalized spacial score (nSPS) is 16.3. The molecule has 2 aromatic rings. The van der Waals surface area contributed by atoms with Gasteiger partial charge in [-0.1, -0.05) is 35.9 Å². The minimum Gasteiger partial charge on any atom is -0.497 e. The largest absolute Gasteiger partial charge is 0.497 e. The molecule has 3 rings (SSSR count). The number of nitrogens with one attached hydrogen (secondary N) is 1. The van der Waals surface area contributed by atoms with Gasteiger partial charge >= 0.3 is 0 Å². The lowest BCUT2D eigenvalue weighted by Gasteiger charge is -2.34. The summed E-state index contributed by atoms with van der Waals surface area (Å²) in [6.07, 6.45) is 0.596. The molecule has 7 nitrogen and oxygen atoms in total. The summed E-state index contributed by atoms with van der Waals surface area (Å²) in [5, 5.41) is 2.93. The molecule has 1 heterocycles. The number of carbonyl (C=O) groups is 2. The third kappa shape index (κ3) is 5.30. The minimum atomic E-state index is -0.648. The van der Waals surface area contributed by atoms with Crippen LogP contribution in [-0.4, -0.2) is 56.7 Å². The van der Waals surface area contributed by atoms with Gasteiger partial charge in [-0.05, 0) is 30.5 Å². The maximum Gasteiger partial charge on any atom is 0.249 e. The van der Waals surface area contributed by atoms with Crippen LogP contribution in [0.25, 0.3) is 0 Å². The summed E-state index contributed by atoms with van der Waals surface area (Å²) in [7, 11) is 3.20. The molecule has 0 radical (unpaired) electrons. The van der Waals surface area contributed by atoms with Crippen LogP contribution in [0.1, 0.15) is 16.7 Å². The highest BCUT2D eigenvalue weighted by atomic mass is 16.5. The van der Waals surface area contributed by atoms with Crippen LogP contribution in [0.4, 0.5) is 0 Å². The van der Waals surface area contributed by atoms with Crippen molar-refractivity contribution in [3.05, 3.63) is 59.2 Å². The van der Waals surface area contributed by atoms with Gasteiger partial charge in [-0.2, -0.15) is 0 Å². The second-order valence-electron chi connectivity index (χ2n) is 7.26. The van der Waals surface area contributed by atoms with Crippen molar-refractivity contribution in [1.29, 1.82) is 0 Å². The molecular formula is C23H28N2O5. The van der Waals surface area contributed by atoms with E-state index in [1.807, 2.05) is 49.4 Å². The number of ether oxygens (including phenoxy) is 3. The minimum absolute atomic E-state index is 0.00130. The van der Waals surface area contributed by atoms with Crippen molar-refractivity contribution in [2.24, 2.45) is 0 Å². The van der Waals surface area contributed by atoms with Crippen molar-refractivity contribution >= 4 is 11.8 Å². The van der Waals surface area contributed by atoms with E-state index in [-0.39, 0.29) is 25.0 Å². The summed E-state index contributed by atoms with van der Waals surface area (Å²) in [5.74, 6) is 1.02. The number of rotatable bonds is 8. The molecule has 1 saturated heterocycles. The zero-order chi connectivity index (χ0) is 21.5. The van der Waals surface area contributed by atoms with Crippen LogP contribution < -0.4 is 14.8 Å². The summed E-state index contributed by atoms with van der Waals surface area (Å²) in [4.78, 5) is 26.8. The van der Waals surface area contributed by atoms with Crippen LogP contribution in [-0.2, 0) is 27.3 Å². The monoisotopic (exact) mass is 412 g/mol. The molecule has 0 aromatic heterocycles. The van der Waals surface area contributed by atoms with Crippen molar-refractivity contribution in [3.63, 3.8) is 0 Å². The van der Waals surface area contributed by atoms with E-state index in [4.69, 9.17) is 14.2 Å². The highest BCUT2D eigenvalue weighted by molar-refractivity contribution is 5.89. The van der Waals surface area contributed by atoms with Gasteiger partial charge in [0.05, 0.1) is 20.8 Å². The van der Waals surface area contributed by atoms with E-state index in [1.54, 1.807) is 19.1 Å². The fraction of sp³-hybridized carbons (Fsp3) is 0.391. The number of morpholine rings is 1. The number of methoxy groups -OCH3 is 2. The van der Waals surface area contributed by atoms with Crippen LogP contribution in [0.2, 0.25) is 0 Å². The van der Waals surface area contributed by atoms with Crippen molar-refractivity contribution < 1.29 is 23.8 Å². The van der Waals surface area contributed by atoms with E-state index in [0.717, 1.165) is 16.7 Å². The zero-order valence-corrected chi connectivity index (χ0v) is 17.6. The van der Waals surface area contributed by atoms with Crippen molar-refractivity contribution in [3.8, 4) is 11.5 Å². The van der Waals surface area contributed by atoms with Gasteiger partial charge in [0.2, 0.25) is 11.8 Å². The Morgan fingerprint density at radius 2 is 1.93 bits per heavy atom. The molecule has 0 bridgehead atoms. The Kier molecular flexibility index (Phi) is 7.30. The van der Waals surface area contributed by atoms with Crippen molar-refractivity contribution in [1.82, 2.24) is 10.2 Å². The lowest BCUT2D eigenvalue weighted by atomic mass is 10.1. The fourth-order valence-corrected chi connectivity index (χ4v) is 3.41. The Hall–Kier alpha value is -3.06. The highest BCUT2D eigenvalue weighted by Crippen LogP contribution is 2.24. The second-order valence-corrected chi connectivity index (χ2v) is 7.26. The molecule has 1 N–H and O–H groups in total. The fourth-order valence-electron chi connectivity index (χ4n) is 3.41. The van der Waals surface area contributed by atoms with Crippen LogP contribution in [0.15, 0.2) is 42.5 Å².